The van der Waals surface area contributed by atoms with Crippen LogP contribution in [0.3, 0.4) is 0 Å². The lowest BCUT2D eigenvalue weighted by atomic mass is 9.81. The Morgan fingerprint density at radius 1 is 0.800 bits per heavy atom. The molecule has 0 saturated carbocycles. The van der Waals surface area contributed by atoms with Crippen molar-refractivity contribution < 1.29 is 0 Å². The molecule has 0 spiro atoms. The van der Waals surface area contributed by atoms with Crippen molar-refractivity contribution in [3.63, 3.8) is 0 Å². The summed E-state index contributed by atoms with van der Waals surface area (Å²) in [7, 11) is 0. The lowest BCUT2D eigenvalue weighted by Crippen LogP contribution is -2.29. The second-order valence-electron chi connectivity index (χ2n) is 6.36. The van der Waals surface area contributed by atoms with Gasteiger partial charge in [-0.3, -0.25) is 0 Å². The van der Waals surface area contributed by atoms with E-state index in [1.54, 1.807) is 5.56 Å². The summed E-state index contributed by atoms with van der Waals surface area (Å²) in [6.45, 7) is 19.4. The predicted molar refractivity (Wildman–Crippen MR) is 90.6 cm³/mol. The molecule has 2 atom stereocenters. The number of hydrogen-bond acceptors (Lipinski definition) is 1. The van der Waals surface area contributed by atoms with Gasteiger partial charge in [0.25, 0.3) is 0 Å². The Labute approximate surface area is 126 Å². The lowest BCUT2D eigenvalue weighted by molar-refractivity contribution is 0.374. The Morgan fingerprint density at radius 2 is 1.25 bits per heavy atom. The first-order valence-electron chi connectivity index (χ1n) is 8.16. The SMILES string of the molecule is CCCNC(c1c(C)c(C)c(C)c(C)c1C)C(C)CC. The van der Waals surface area contributed by atoms with Crippen molar-refractivity contribution in [1.82, 2.24) is 5.32 Å². The topological polar surface area (TPSA) is 12.0 Å². The summed E-state index contributed by atoms with van der Waals surface area (Å²) in [5.74, 6) is 0.667. The number of rotatable bonds is 6. The molecule has 2 unspecified atom stereocenters. The molecule has 1 aromatic carbocycles. The van der Waals surface area contributed by atoms with Crippen molar-refractivity contribution in [2.24, 2.45) is 5.92 Å². The summed E-state index contributed by atoms with van der Waals surface area (Å²) in [6, 6.07) is 0.484. The zero-order valence-electron chi connectivity index (χ0n) is 14.8. The molecule has 1 heteroatoms. The van der Waals surface area contributed by atoms with E-state index in [2.05, 4.69) is 60.7 Å². The normalized spacial score (nSPS) is 14.4. The molecule has 0 fully saturated rings. The fraction of sp³-hybridized carbons (Fsp3) is 0.684. The van der Waals surface area contributed by atoms with Crippen LogP contribution in [0.25, 0.3) is 0 Å². The molecule has 1 aromatic rings. The molecule has 0 aliphatic carbocycles. The minimum Gasteiger partial charge on any atom is -0.310 e. The molecule has 0 amide bonds. The summed E-state index contributed by atoms with van der Waals surface area (Å²) < 4.78 is 0. The monoisotopic (exact) mass is 275 g/mol. The molecule has 114 valence electrons. The van der Waals surface area contributed by atoms with Gasteiger partial charge in [0.1, 0.15) is 0 Å². The van der Waals surface area contributed by atoms with Crippen molar-refractivity contribution in [2.75, 3.05) is 6.54 Å². The van der Waals surface area contributed by atoms with Crippen molar-refractivity contribution in [2.45, 2.75) is 74.3 Å². The second kappa shape index (κ2) is 7.26. The van der Waals surface area contributed by atoms with Gasteiger partial charge in [0.2, 0.25) is 0 Å². The van der Waals surface area contributed by atoms with Gasteiger partial charge in [0.15, 0.2) is 0 Å². The molecule has 0 saturated heterocycles. The average Bonchev–Trinajstić information content (AvgIpc) is 2.45. The molecular formula is C19H33N. The van der Waals surface area contributed by atoms with Gasteiger partial charge in [0.05, 0.1) is 0 Å². The first-order chi connectivity index (χ1) is 9.36. The molecule has 0 aromatic heterocycles. The Balaban J connectivity index is 3.39. The second-order valence-corrected chi connectivity index (χ2v) is 6.36. The minimum atomic E-state index is 0.484. The van der Waals surface area contributed by atoms with E-state index in [0.717, 1.165) is 6.54 Å². The van der Waals surface area contributed by atoms with E-state index in [9.17, 15) is 0 Å². The molecule has 0 radical (unpaired) electrons. The molecule has 1 rings (SSSR count). The van der Waals surface area contributed by atoms with Crippen LogP contribution in [0, 0.1) is 40.5 Å². The Morgan fingerprint density at radius 3 is 1.65 bits per heavy atom. The molecule has 1 nitrogen and oxygen atoms in total. The van der Waals surface area contributed by atoms with E-state index in [4.69, 9.17) is 0 Å². The molecule has 0 aliphatic rings. The summed E-state index contributed by atoms with van der Waals surface area (Å²) in [4.78, 5) is 0. The van der Waals surface area contributed by atoms with Gasteiger partial charge in [-0.15, -0.1) is 0 Å². The van der Waals surface area contributed by atoms with Crippen molar-refractivity contribution in [3.8, 4) is 0 Å². The van der Waals surface area contributed by atoms with Gasteiger partial charge >= 0.3 is 0 Å². The number of benzene rings is 1. The van der Waals surface area contributed by atoms with Gasteiger partial charge in [-0.05, 0) is 86.9 Å². The van der Waals surface area contributed by atoms with E-state index in [0.29, 0.717) is 12.0 Å². The summed E-state index contributed by atoms with van der Waals surface area (Å²) in [6.07, 6.45) is 2.40. The van der Waals surface area contributed by atoms with Gasteiger partial charge in [-0.1, -0.05) is 27.2 Å². The highest BCUT2D eigenvalue weighted by Gasteiger charge is 2.23. The third kappa shape index (κ3) is 3.25. The Kier molecular flexibility index (Phi) is 6.26. The summed E-state index contributed by atoms with van der Waals surface area (Å²) >= 11 is 0. The minimum absolute atomic E-state index is 0.484. The quantitative estimate of drug-likeness (QED) is 0.741. The maximum absolute atomic E-state index is 3.79. The summed E-state index contributed by atoms with van der Waals surface area (Å²) in [5.41, 5.74) is 8.92. The number of nitrogens with one attached hydrogen (secondary N) is 1. The van der Waals surface area contributed by atoms with Crippen molar-refractivity contribution >= 4 is 0 Å². The van der Waals surface area contributed by atoms with Gasteiger partial charge in [-0.2, -0.15) is 0 Å². The number of hydrogen-bond donors (Lipinski definition) is 1. The van der Waals surface area contributed by atoms with Crippen molar-refractivity contribution in [1.29, 1.82) is 0 Å². The fourth-order valence-electron chi connectivity index (χ4n) is 3.12. The fourth-order valence-corrected chi connectivity index (χ4v) is 3.12. The highest BCUT2D eigenvalue weighted by molar-refractivity contribution is 5.50. The van der Waals surface area contributed by atoms with E-state index in [1.807, 2.05) is 0 Å². The predicted octanol–water partition coefficient (Wildman–Crippen LogP) is 5.32. The molecule has 0 bridgehead atoms. The van der Waals surface area contributed by atoms with Crippen LogP contribution in [0.5, 0.6) is 0 Å². The average molecular weight is 275 g/mol. The molecule has 0 aliphatic heterocycles. The van der Waals surface area contributed by atoms with Crippen molar-refractivity contribution in [3.05, 3.63) is 33.4 Å². The molecule has 1 N–H and O–H groups in total. The smallest absolute Gasteiger partial charge is 0.0351 e. The van der Waals surface area contributed by atoms with Gasteiger partial charge in [0, 0.05) is 6.04 Å². The van der Waals surface area contributed by atoms with Crippen LogP contribution in [0.4, 0.5) is 0 Å². The Hall–Kier alpha value is -0.820. The highest BCUT2D eigenvalue weighted by Crippen LogP contribution is 2.34. The van der Waals surface area contributed by atoms with E-state index >= 15 is 0 Å². The first kappa shape index (κ1) is 17.2. The van der Waals surface area contributed by atoms with Gasteiger partial charge in [-0.25, -0.2) is 0 Å². The zero-order valence-corrected chi connectivity index (χ0v) is 14.8. The molecule has 20 heavy (non-hydrogen) atoms. The molecular weight excluding hydrogens is 242 g/mol. The highest BCUT2D eigenvalue weighted by atomic mass is 14.9. The third-order valence-corrected chi connectivity index (χ3v) is 5.20. The molecule has 0 heterocycles. The lowest BCUT2D eigenvalue weighted by Gasteiger charge is -2.30. The summed E-state index contributed by atoms with van der Waals surface area (Å²) in [5, 5.41) is 3.79. The van der Waals surface area contributed by atoms with Crippen LogP contribution >= 0.6 is 0 Å². The maximum Gasteiger partial charge on any atom is 0.0351 e. The Bertz CT molecular complexity index is 430. The van der Waals surface area contributed by atoms with E-state index in [1.165, 1.54) is 40.7 Å². The zero-order chi connectivity index (χ0) is 15.4. The van der Waals surface area contributed by atoms with Crippen LogP contribution in [0.2, 0.25) is 0 Å². The van der Waals surface area contributed by atoms with Crippen LogP contribution in [0.15, 0.2) is 0 Å². The van der Waals surface area contributed by atoms with Crippen LogP contribution in [-0.2, 0) is 0 Å². The van der Waals surface area contributed by atoms with E-state index < -0.39 is 0 Å². The van der Waals surface area contributed by atoms with Crippen LogP contribution in [-0.4, -0.2) is 6.54 Å². The third-order valence-electron chi connectivity index (χ3n) is 5.20. The van der Waals surface area contributed by atoms with E-state index in [-0.39, 0.29) is 0 Å². The first-order valence-corrected chi connectivity index (χ1v) is 8.16. The van der Waals surface area contributed by atoms with Gasteiger partial charge < -0.3 is 5.32 Å². The van der Waals surface area contributed by atoms with Crippen LogP contribution in [0.1, 0.15) is 73.0 Å². The van der Waals surface area contributed by atoms with Crippen LogP contribution < -0.4 is 5.32 Å². The standard InChI is InChI=1S/C19H33N/c1-9-11-20-19(12(3)10-2)18-16(7)14(5)13(4)15(6)17(18)8/h12,19-20H,9-11H2,1-8H3. The largest absolute Gasteiger partial charge is 0.310 e. The maximum atomic E-state index is 3.79.